The molecule has 1 fully saturated rings. The third-order valence-corrected chi connectivity index (χ3v) is 3.71. The molecule has 0 radical (unpaired) electrons. The van der Waals surface area contributed by atoms with E-state index in [0.29, 0.717) is 58.8 Å². The summed E-state index contributed by atoms with van der Waals surface area (Å²) in [7, 11) is 0. The molecule has 0 bridgehead atoms. The summed E-state index contributed by atoms with van der Waals surface area (Å²) < 4.78 is 4.76. The van der Waals surface area contributed by atoms with Gasteiger partial charge in [-0.15, -0.1) is 0 Å². The summed E-state index contributed by atoms with van der Waals surface area (Å²) >= 11 is 0. The minimum Gasteiger partial charge on any atom is -0.549 e. The van der Waals surface area contributed by atoms with Gasteiger partial charge in [-0.3, -0.25) is 19.5 Å². The van der Waals surface area contributed by atoms with E-state index in [2.05, 4.69) is 5.32 Å². The van der Waals surface area contributed by atoms with Gasteiger partial charge in [0.1, 0.15) is 6.73 Å². The topological polar surface area (TPSA) is 128 Å². The van der Waals surface area contributed by atoms with E-state index in [0.717, 1.165) is 0 Å². The minimum atomic E-state index is -1.19. The van der Waals surface area contributed by atoms with E-state index >= 15 is 0 Å². The van der Waals surface area contributed by atoms with Crippen LogP contribution in [0.3, 0.4) is 0 Å². The number of nitrogens with one attached hydrogen (secondary N) is 1. The first-order valence-electron chi connectivity index (χ1n) is 7.84. The molecule has 0 amide bonds. The predicted octanol–water partition coefficient (Wildman–Crippen LogP) is -4.87. The highest BCUT2D eigenvalue weighted by atomic mass is 16.5. The smallest absolute Gasteiger partial charge is 0.294 e. The normalized spacial score (nSPS) is 19.8. The molecule has 10 nitrogen and oxygen atoms in total. The molecule has 0 aliphatic carbocycles. The van der Waals surface area contributed by atoms with Gasteiger partial charge in [0, 0.05) is 65.4 Å². The van der Waals surface area contributed by atoms with Gasteiger partial charge in [-0.25, -0.2) is 0 Å². The number of nitrogens with zero attached hydrogens (tertiary/aromatic N) is 3. The van der Waals surface area contributed by atoms with Crippen LogP contribution in [0, 0.1) is 0 Å². The average molecular weight is 344 g/mol. The third kappa shape index (κ3) is 9.40. The van der Waals surface area contributed by atoms with Crippen LogP contribution in [0.4, 0.5) is 0 Å². The van der Waals surface area contributed by atoms with Crippen molar-refractivity contribution in [1.29, 1.82) is 0 Å². The summed E-state index contributed by atoms with van der Waals surface area (Å²) in [6.07, 6.45) is 0. The number of ether oxygens (including phenoxy) is 1. The Labute approximate surface area is 140 Å². The maximum absolute atomic E-state index is 10.9. The summed E-state index contributed by atoms with van der Waals surface area (Å²) in [4.78, 5) is 37.3. The number of carboxylic acids is 2. The summed E-state index contributed by atoms with van der Waals surface area (Å²) in [5.41, 5.74) is 0. The molecule has 0 aromatic rings. The van der Waals surface area contributed by atoms with Crippen molar-refractivity contribution < 1.29 is 29.3 Å². The Morgan fingerprint density at radius 1 is 0.875 bits per heavy atom. The summed E-state index contributed by atoms with van der Waals surface area (Å²) in [6.45, 7) is 4.21. The molecule has 1 heterocycles. The molecule has 0 unspecified atom stereocenters. The van der Waals surface area contributed by atoms with Crippen molar-refractivity contribution in [3.05, 3.63) is 0 Å². The van der Waals surface area contributed by atoms with Crippen molar-refractivity contribution in [3.63, 3.8) is 0 Å². The highest BCUT2D eigenvalue weighted by Crippen LogP contribution is 1.97. The van der Waals surface area contributed by atoms with Crippen LogP contribution in [0.25, 0.3) is 0 Å². The number of hydrogen-bond donors (Lipinski definition) is 1. The van der Waals surface area contributed by atoms with E-state index in [1.807, 2.05) is 4.90 Å². The number of carboxylic acid groups (broad SMARTS) is 2. The van der Waals surface area contributed by atoms with Crippen LogP contribution >= 0.6 is 0 Å². The Kier molecular flexibility index (Phi) is 9.92. The monoisotopic (exact) mass is 344 g/mol. The maximum atomic E-state index is 10.9. The van der Waals surface area contributed by atoms with Crippen molar-refractivity contribution in [2.24, 2.45) is 0 Å². The number of carbonyl (C=O) groups excluding carboxylic acids is 3. The second-order valence-electron chi connectivity index (χ2n) is 5.56. The van der Waals surface area contributed by atoms with Crippen LogP contribution in [0.2, 0.25) is 0 Å². The zero-order chi connectivity index (χ0) is 17.8. The molecule has 138 valence electrons. The first kappa shape index (κ1) is 20.3. The molecule has 24 heavy (non-hydrogen) atoms. The quantitative estimate of drug-likeness (QED) is 0.449. The lowest BCUT2D eigenvalue weighted by Gasteiger charge is -2.31. The lowest BCUT2D eigenvalue weighted by atomic mass is 10.3. The highest BCUT2D eigenvalue weighted by molar-refractivity contribution is 5.67. The molecule has 0 atom stereocenters. The Hall–Kier alpha value is -1.75. The lowest BCUT2D eigenvalue weighted by molar-refractivity contribution is -0.308. The van der Waals surface area contributed by atoms with Crippen LogP contribution in [-0.4, -0.2) is 105 Å². The molecule has 1 N–H and O–H groups in total. The number of aliphatic carboxylic acids is 2. The molecular weight excluding hydrogens is 320 g/mol. The van der Waals surface area contributed by atoms with E-state index in [-0.39, 0.29) is 19.8 Å². The van der Waals surface area contributed by atoms with Crippen molar-refractivity contribution in [3.8, 4) is 0 Å². The lowest BCUT2D eigenvalue weighted by Crippen LogP contribution is -2.49. The fraction of sp³-hybridized carbons (Fsp3) is 0.786. The molecule has 1 aliphatic rings. The largest absolute Gasteiger partial charge is 0.549 e. The maximum Gasteiger partial charge on any atom is 0.294 e. The first-order chi connectivity index (χ1) is 11.5. The van der Waals surface area contributed by atoms with E-state index in [1.54, 1.807) is 9.80 Å². The van der Waals surface area contributed by atoms with Crippen LogP contribution in [-0.2, 0) is 19.1 Å². The van der Waals surface area contributed by atoms with Crippen LogP contribution < -0.4 is 15.5 Å². The highest BCUT2D eigenvalue weighted by Gasteiger charge is 2.14. The van der Waals surface area contributed by atoms with E-state index < -0.39 is 11.9 Å². The van der Waals surface area contributed by atoms with E-state index in [4.69, 9.17) is 4.74 Å². The summed E-state index contributed by atoms with van der Waals surface area (Å²) in [6, 6.07) is 0. The van der Waals surface area contributed by atoms with E-state index in [9.17, 15) is 24.6 Å². The van der Waals surface area contributed by atoms with Crippen LogP contribution in [0.15, 0.2) is 0 Å². The van der Waals surface area contributed by atoms with Crippen molar-refractivity contribution in [1.82, 2.24) is 20.0 Å². The van der Waals surface area contributed by atoms with Crippen LogP contribution in [0.5, 0.6) is 0 Å². The minimum absolute atomic E-state index is 0.140. The first-order valence-corrected chi connectivity index (χ1v) is 7.84. The Morgan fingerprint density at radius 3 is 1.83 bits per heavy atom. The molecule has 1 aliphatic heterocycles. The molecule has 0 spiro atoms. The fourth-order valence-electron chi connectivity index (χ4n) is 2.45. The molecule has 0 aromatic carbocycles. The van der Waals surface area contributed by atoms with Crippen molar-refractivity contribution in [2.45, 2.75) is 0 Å². The number of rotatable bonds is 7. The van der Waals surface area contributed by atoms with E-state index in [1.165, 1.54) is 0 Å². The van der Waals surface area contributed by atoms with Gasteiger partial charge in [0.05, 0.1) is 11.9 Å². The number of carbonyl (C=O) groups is 3. The Balaban J connectivity index is 2.64. The zero-order valence-corrected chi connectivity index (χ0v) is 13.6. The van der Waals surface area contributed by atoms with Crippen molar-refractivity contribution in [2.75, 3.05) is 72.2 Å². The van der Waals surface area contributed by atoms with Gasteiger partial charge in [-0.05, 0) is 0 Å². The van der Waals surface area contributed by atoms with Gasteiger partial charge in [-0.1, -0.05) is 0 Å². The summed E-state index contributed by atoms with van der Waals surface area (Å²) in [5, 5.41) is 24.9. The van der Waals surface area contributed by atoms with Crippen LogP contribution in [0.1, 0.15) is 0 Å². The van der Waals surface area contributed by atoms with Gasteiger partial charge in [0.15, 0.2) is 0 Å². The van der Waals surface area contributed by atoms with Gasteiger partial charge in [-0.2, -0.15) is 0 Å². The van der Waals surface area contributed by atoms with Gasteiger partial charge >= 0.3 is 0 Å². The molecule has 1 saturated heterocycles. The summed E-state index contributed by atoms with van der Waals surface area (Å²) in [5.74, 6) is -2.35. The molecular formula is C14H24N4O6-2. The SMILES string of the molecule is O=COCN1CCNCCN(CC(=O)[O-])CCN(CC(=O)[O-])CC1. The third-order valence-electron chi connectivity index (χ3n) is 3.71. The zero-order valence-electron chi connectivity index (χ0n) is 13.6. The number of hydrogen-bond acceptors (Lipinski definition) is 10. The molecule has 0 aromatic heterocycles. The average Bonchev–Trinajstić information content (AvgIpc) is 2.50. The Bertz CT molecular complexity index is 409. The van der Waals surface area contributed by atoms with Gasteiger partial charge in [0.2, 0.25) is 0 Å². The predicted molar refractivity (Wildman–Crippen MR) is 79.4 cm³/mol. The standard InChI is InChI=1S/C14H26N4O6/c19-12-24-11-18-4-2-15-1-3-16(9-13(20)21)5-6-17(7-8-18)10-14(22)23/h12,15H,1-11H2,(H,20,21)(H,22,23)/p-2. The second kappa shape index (κ2) is 11.7. The molecule has 0 saturated carbocycles. The second-order valence-corrected chi connectivity index (χ2v) is 5.56. The van der Waals surface area contributed by atoms with Gasteiger partial charge in [0.25, 0.3) is 6.47 Å². The molecule has 10 heteroatoms. The Morgan fingerprint density at radius 2 is 1.33 bits per heavy atom. The fourth-order valence-corrected chi connectivity index (χ4v) is 2.45. The molecule has 1 rings (SSSR count). The van der Waals surface area contributed by atoms with Crippen molar-refractivity contribution >= 4 is 18.4 Å². The van der Waals surface area contributed by atoms with Gasteiger partial charge < -0.3 is 29.9 Å².